The Bertz CT molecular complexity index is 94.9. The van der Waals surface area contributed by atoms with Gasteiger partial charge in [-0.05, 0) is 18.9 Å². The van der Waals surface area contributed by atoms with Crippen molar-refractivity contribution in [1.82, 2.24) is 0 Å². The summed E-state index contributed by atoms with van der Waals surface area (Å²) in [5, 5.41) is 6.71. The van der Waals surface area contributed by atoms with Gasteiger partial charge >= 0.3 is 0 Å². The van der Waals surface area contributed by atoms with Gasteiger partial charge in [0.25, 0.3) is 0 Å². The summed E-state index contributed by atoms with van der Waals surface area (Å²) in [7, 11) is 0. The van der Waals surface area contributed by atoms with E-state index in [1.807, 2.05) is 0 Å². The van der Waals surface area contributed by atoms with Crippen LogP contribution >= 0.6 is 0 Å². The van der Waals surface area contributed by atoms with Crippen molar-refractivity contribution in [3.8, 4) is 0 Å². The molecule has 0 spiro atoms. The lowest BCUT2D eigenvalue weighted by Gasteiger charge is -1.92. The van der Waals surface area contributed by atoms with E-state index in [-0.39, 0.29) is 0 Å². The summed E-state index contributed by atoms with van der Waals surface area (Å²) in [4.78, 5) is 0. The van der Waals surface area contributed by atoms with Gasteiger partial charge in [0.15, 0.2) is 0 Å². The standard InChI is InChI=1S/C9H17N/c1-2-3-4-5-6-7-8-9-10/h7-10H,2-6H2,1H3. The minimum Gasteiger partial charge on any atom is -0.309 e. The third-order valence-electron chi connectivity index (χ3n) is 1.46. The summed E-state index contributed by atoms with van der Waals surface area (Å²) >= 11 is 0. The molecule has 0 aliphatic rings. The van der Waals surface area contributed by atoms with E-state index >= 15 is 0 Å². The molecule has 0 heterocycles. The van der Waals surface area contributed by atoms with Crippen LogP contribution in [0.5, 0.6) is 0 Å². The molecule has 0 bridgehead atoms. The van der Waals surface area contributed by atoms with E-state index in [0.717, 1.165) is 6.42 Å². The molecule has 58 valence electrons. The Hall–Kier alpha value is -0.590. The quantitative estimate of drug-likeness (QED) is 0.431. The molecule has 0 amide bonds. The maximum absolute atomic E-state index is 6.71. The zero-order chi connectivity index (χ0) is 7.66. The summed E-state index contributed by atoms with van der Waals surface area (Å²) < 4.78 is 0. The van der Waals surface area contributed by atoms with E-state index in [1.54, 1.807) is 6.08 Å². The Morgan fingerprint density at radius 1 is 1.20 bits per heavy atom. The van der Waals surface area contributed by atoms with Crippen molar-refractivity contribution in [2.24, 2.45) is 0 Å². The second kappa shape index (κ2) is 8.41. The van der Waals surface area contributed by atoms with E-state index in [1.165, 1.54) is 31.9 Å². The molecule has 0 atom stereocenters. The summed E-state index contributed by atoms with van der Waals surface area (Å²) in [6.45, 7) is 2.22. The molecule has 1 heteroatoms. The Morgan fingerprint density at radius 2 is 2.00 bits per heavy atom. The first-order chi connectivity index (χ1) is 4.91. The van der Waals surface area contributed by atoms with E-state index in [0.29, 0.717) is 0 Å². The van der Waals surface area contributed by atoms with Gasteiger partial charge in [-0.1, -0.05) is 32.3 Å². The first-order valence-electron chi connectivity index (χ1n) is 4.07. The first kappa shape index (κ1) is 9.41. The highest BCUT2D eigenvalue weighted by Crippen LogP contribution is 2.02. The van der Waals surface area contributed by atoms with E-state index in [9.17, 15) is 0 Å². The van der Waals surface area contributed by atoms with E-state index in [4.69, 9.17) is 5.41 Å². The highest BCUT2D eigenvalue weighted by molar-refractivity contribution is 5.67. The van der Waals surface area contributed by atoms with Crippen molar-refractivity contribution < 1.29 is 0 Å². The molecule has 10 heavy (non-hydrogen) atoms. The Morgan fingerprint density at radius 3 is 2.60 bits per heavy atom. The predicted octanol–water partition coefficient (Wildman–Crippen LogP) is 3.16. The van der Waals surface area contributed by atoms with Crippen LogP contribution in [-0.4, -0.2) is 6.21 Å². The number of allylic oxidation sites excluding steroid dienone is 2. The molecular weight excluding hydrogens is 122 g/mol. The summed E-state index contributed by atoms with van der Waals surface area (Å²) in [6, 6.07) is 0. The maximum atomic E-state index is 6.71. The van der Waals surface area contributed by atoms with Crippen molar-refractivity contribution in [2.75, 3.05) is 0 Å². The third kappa shape index (κ3) is 7.41. The number of hydrogen-bond donors (Lipinski definition) is 1. The largest absolute Gasteiger partial charge is 0.309 e. The lowest BCUT2D eigenvalue weighted by atomic mass is 10.1. The molecule has 0 aromatic rings. The predicted molar refractivity (Wildman–Crippen MR) is 46.7 cm³/mol. The van der Waals surface area contributed by atoms with Crippen LogP contribution in [0.25, 0.3) is 0 Å². The zero-order valence-electron chi connectivity index (χ0n) is 6.77. The number of hydrogen-bond acceptors (Lipinski definition) is 1. The van der Waals surface area contributed by atoms with Crippen LogP contribution in [0.2, 0.25) is 0 Å². The van der Waals surface area contributed by atoms with Crippen molar-refractivity contribution >= 4 is 6.21 Å². The normalized spacial score (nSPS) is 10.5. The average molecular weight is 139 g/mol. The highest BCUT2D eigenvalue weighted by atomic mass is 14.3. The number of unbranched alkanes of at least 4 members (excludes halogenated alkanes) is 4. The van der Waals surface area contributed by atoms with Crippen molar-refractivity contribution in [2.45, 2.75) is 39.0 Å². The van der Waals surface area contributed by atoms with Crippen LogP contribution in [-0.2, 0) is 0 Å². The molecule has 0 saturated carbocycles. The second-order valence-electron chi connectivity index (χ2n) is 2.44. The molecule has 0 radical (unpaired) electrons. The van der Waals surface area contributed by atoms with Gasteiger partial charge in [-0.2, -0.15) is 0 Å². The van der Waals surface area contributed by atoms with Crippen LogP contribution in [0.1, 0.15) is 39.0 Å². The Kier molecular flexibility index (Phi) is 7.91. The van der Waals surface area contributed by atoms with Crippen molar-refractivity contribution in [3.05, 3.63) is 12.2 Å². The zero-order valence-corrected chi connectivity index (χ0v) is 6.77. The molecule has 0 unspecified atom stereocenters. The first-order valence-corrected chi connectivity index (χ1v) is 4.07. The molecule has 0 aliphatic carbocycles. The maximum Gasteiger partial charge on any atom is 0.0174 e. The summed E-state index contributed by atoms with van der Waals surface area (Å²) in [6.07, 6.45) is 11.6. The van der Waals surface area contributed by atoms with Crippen LogP contribution in [0, 0.1) is 5.41 Å². The van der Waals surface area contributed by atoms with Gasteiger partial charge in [0.05, 0.1) is 0 Å². The van der Waals surface area contributed by atoms with Crippen molar-refractivity contribution in [1.29, 1.82) is 5.41 Å². The molecule has 0 rings (SSSR count). The van der Waals surface area contributed by atoms with E-state index in [2.05, 4.69) is 13.0 Å². The van der Waals surface area contributed by atoms with Gasteiger partial charge in [-0.3, -0.25) is 0 Å². The lowest BCUT2D eigenvalue weighted by Crippen LogP contribution is -1.73. The third-order valence-corrected chi connectivity index (χ3v) is 1.46. The van der Waals surface area contributed by atoms with Gasteiger partial charge in [0.2, 0.25) is 0 Å². The highest BCUT2D eigenvalue weighted by Gasteiger charge is 1.82. The van der Waals surface area contributed by atoms with Gasteiger partial charge < -0.3 is 5.41 Å². The van der Waals surface area contributed by atoms with Gasteiger partial charge in [0, 0.05) is 6.21 Å². The van der Waals surface area contributed by atoms with Crippen LogP contribution in [0.4, 0.5) is 0 Å². The van der Waals surface area contributed by atoms with Gasteiger partial charge in [-0.15, -0.1) is 0 Å². The van der Waals surface area contributed by atoms with E-state index < -0.39 is 0 Å². The topological polar surface area (TPSA) is 23.9 Å². The molecule has 0 fully saturated rings. The minimum atomic E-state index is 1.13. The monoisotopic (exact) mass is 139 g/mol. The fourth-order valence-electron chi connectivity index (χ4n) is 0.853. The lowest BCUT2D eigenvalue weighted by molar-refractivity contribution is 0.674. The van der Waals surface area contributed by atoms with Gasteiger partial charge in [-0.25, -0.2) is 0 Å². The SMILES string of the molecule is CCCCCCC=CC=N. The second-order valence-corrected chi connectivity index (χ2v) is 2.44. The van der Waals surface area contributed by atoms with Crippen LogP contribution < -0.4 is 0 Å². The smallest absolute Gasteiger partial charge is 0.0174 e. The molecule has 0 saturated heterocycles. The molecule has 1 N–H and O–H groups in total. The fourth-order valence-corrected chi connectivity index (χ4v) is 0.853. The number of rotatable bonds is 6. The Labute approximate surface area is 63.7 Å². The Balaban J connectivity index is 2.90. The summed E-state index contributed by atoms with van der Waals surface area (Å²) in [5.41, 5.74) is 0. The molecule has 1 nitrogen and oxygen atoms in total. The fraction of sp³-hybridized carbons (Fsp3) is 0.667. The number of nitrogens with one attached hydrogen (secondary N) is 1. The average Bonchev–Trinajstić information content (AvgIpc) is 1.97. The molecular formula is C9H17N. The molecule has 0 aromatic carbocycles. The minimum absolute atomic E-state index is 1.13. The van der Waals surface area contributed by atoms with Crippen molar-refractivity contribution in [3.63, 3.8) is 0 Å². The molecule has 0 aliphatic heterocycles. The van der Waals surface area contributed by atoms with Gasteiger partial charge in [0.1, 0.15) is 0 Å². The van der Waals surface area contributed by atoms with Crippen LogP contribution in [0.15, 0.2) is 12.2 Å². The summed E-state index contributed by atoms with van der Waals surface area (Å²) in [5.74, 6) is 0. The molecule has 0 aromatic heterocycles. The van der Waals surface area contributed by atoms with Crippen LogP contribution in [0.3, 0.4) is 0 Å².